The first-order valence-corrected chi connectivity index (χ1v) is 9.27. The number of carbonyl (C=O) groups excluding carboxylic acids is 1. The van der Waals surface area contributed by atoms with Gasteiger partial charge in [0.25, 0.3) is 0 Å². The quantitative estimate of drug-likeness (QED) is 0.835. The lowest BCUT2D eigenvalue weighted by Crippen LogP contribution is -2.59. The monoisotopic (exact) mass is 338 g/mol. The van der Waals surface area contributed by atoms with Gasteiger partial charge < -0.3 is 9.64 Å². The molecule has 0 saturated carbocycles. The van der Waals surface area contributed by atoms with Gasteiger partial charge in [-0.3, -0.25) is 4.79 Å². The standard InChI is InChI=1S/C16H22N2O4S/c1-11-6-7-14(22-3)15(9-11)23(20,21)18-10-13-5-4-8-17(13)16(19)12(18)2/h6-7,9,12-13H,4-5,8,10H2,1-3H3/t12-,13-/m0/s1. The first-order valence-electron chi connectivity index (χ1n) is 7.83. The van der Waals surface area contributed by atoms with Gasteiger partial charge in [-0.25, -0.2) is 8.42 Å². The van der Waals surface area contributed by atoms with Gasteiger partial charge in [-0.05, 0) is 44.4 Å². The molecule has 2 saturated heterocycles. The van der Waals surface area contributed by atoms with Crippen LogP contribution in [0.5, 0.6) is 5.75 Å². The molecule has 2 fully saturated rings. The molecule has 1 amide bonds. The van der Waals surface area contributed by atoms with E-state index in [0.717, 1.165) is 24.9 Å². The molecule has 2 atom stereocenters. The van der Waals surface area contributed by atoms with Crippen molar-refractivity contribution >= 4 is 15.9 Å². The van der Waals surface area contributed by atoms with Crippen molar-refractivity contribution in [1.82, 2.24) is 9.21 Å². The molecule has 0 radical (unpaired) electrons. The Hall–Kier alpha value is -1.60. The van der Waals surface area contributed by atoms with Gasteiger partial charge in [-0.2, -0.15) is 4.31 Å². The van der Waals surface area contributed by atoms with Crippen molar-refractivity contribution in [2.45, 2.75) is 43.7 Å². The number of amides is 1. The van der Waals surface area contributed by atoms with Gasteiger partial charge in [0, 0.05) is 19.1 Å². The number of hydrogen-bond donors (Lipinski definition) is 0. The molecule has 0 aliphatic carbocycles. The van der Waals surface area contributed by atoms with Gasteiger partial charge in [-0.15, -0.1) is 0 Å². The Labute approximate surface area is 137 Å². The lowest BCUT2D eigenvalue weighted by molar-refractivity contribution is -0.139. The summed E-state index contributed by atoms with van der Waals surface area (Å²) in [6, 6.07) is 4.37. The molecular formula is C16H22N2O4S. The van der Waals surface area contributed by atoms with E-state index in [1.807, 2.05) is 11.8 Å². The SMILES string of the molecule is COc1ccc(C)cc1S(=O)(=O)N1C[C@@H]2CCCN2C(=O)[C@@H]1C. The molecular weight excluding hydrogens is 316 g/mol. The molecule has 0 bridgehead atoms. The van der Waals surface area contributed by atoms with Gasteiger partial charge >= 0.3 is 0 Å². The minimum atomic E-state index is -3.79. The molecule has 2 aliphatic heterocycles. The third kappa shape index (κ3) is 2.61. The van der Waals surface area contributed by atoms with Gasteiger partial charge in [0.2, 0.25) is 15.9 Å². The van der Waals surface area contributed by atoms with Crippen molar-refractivity contribution in [2.24, 2.45) is 0 Å². The van der Waals surface area contributed by atoms with E-state index in [1.165, 1.54) is 11.4 Å². The number of methoxy groups -OCH3 is 1. The number of fused-ring (bicyclic) bond motifs is 1. The number of piperazine rings is 1. The summed E-state index contributed by atoms with van der Waals surface area (Å²) < 4.78 is 32.8. The molecule has 23 heavy (non-hydrogen) atoms. The Morgan fingerprint density at radius 2 is 2.04 bits per heavy atom. The summed E-state index contributed by atoms with van der Waals surface area (Å²) in [4.78, 5) is 14.5. The molecule has 1 aromatic carbocycles. The summed E-state index contributed by atoms with van der Waals surface area (Å²) >= 11 is 0. The molecule has 0 aromatic heterocycles. The highest BCUT2D eigenvalue weighted by molar-refractivity contribution is 7.89. The fourth-order valence-electron chi connectivity index (χ4n) is 3.46. The van der Waals surface area contributed by atoms with Gasteiger partial charge in [0.05, 0.1) is 7.11 Å². The number of ether oxygens (including phenoxy) is 1. The maximum absolute atomic E-state index is 13.1. The van der Waals surface area contributed by atoms with Crippen LogP contribution in [0.4, 0.5) is 0 Å². The van der Waals surface area contributed by atoms with Crippen LogP contribution < -0.4 is 4.74 Å². The van der Waals surface area contributed by atoms with Gasteiger partial charge in [-0.1, -0.05) is 6.07 Å². The number of hydrogen-bond acceptors (Lipinski definition) is 4. The lowest BCUT2D eigenvalue weighted by Gasteiger charge is -2.40. The maximum Gasteiger partial charge on any atom is 0.247 e. The number of nitrogens with zero attached hydrogens (tertiary/aromatic N) is 2. The van der Waals surface area contributed by atoms with Crippen LogP contribution in [-0.4, -0.2) is 55.8 Å². The molecule has 6 nitrogen and oxygen atoms in total. The first-order chi connectivity index (χ1) is 10.9. The number of sulfonamides is 1. The topological polar surface area (TPSA) is 66.9 Å². The number of benzene rings is 1. The Morgan fingerprint density at radius 3 is 2.74 bits per heavy atom. The third-order valence-electron chi connectivity index (χ3n) is 4.75. The van der Waals surface area contributed by atoms with Crippen molar-refractivity contribution in [1.29, 1.82) is 0 Å². The molecule has 2 heterocycles. The smallest absolute Gasteiger partial charge is 0.247 e. The fraction of sp³-hybridized carbons (Fsp3) is 0.562. The normalized spacial score (nSPS) is 25.5. The fourth-order valence-corrected chi connectivity index (χ4v) is 5.33. The summed E-state index contributed by atoms with van der Waals surface area (Å²) in [6.07, 6.45) is 1.79. The Morgan fingerprint density at radius 1 is 1.30 bits per heavy atom. The van der Waals surface area contributed by atoms with E-state index >= 15 is 0 Å². The Bertz CT molecular complexity index is 732. The van der Waals surface area contributed by atoms with E-state index in [4.69, 9.17) is 4.74 Å². The van der Waals surface area contributed by atoms with Crippen molar-refractivity contribution in [3.8, 4) is 5.75 Å². The van der Waals surface area contributed by atoms with Crippen LogP contribution in [0.1, 0.15) is 25.3 Å². The summed E-state index contributed by atoms with van der Waals surface area (Å²) in [6.45, 7) is 4.58. The van der Waals surface area contributed by atoms with Crippen LogP contribution >= 0.6 is 0 Å². The van der Waals surface area contributed by atoms with Crippen LogP contribution in [0.2, 0.25) is 0 Å². The van der Waals surface area contributed by atoms with E-state index in [0.29, 0.717) is 12.3 Å². The van der Waals surface area contributed by atoms with Crippen molar-refractivity contribution in [3.05, 3.63) is 23.8 Å². The van der Waals surface area contributed by atoms with E-state index < -0.39 is 16.1 Å². The highest BCUT2D eigenvalue weighted by Gasteiger charge is 2.45. The number of carbonyl (C=O) groups is 1. The van der Waals surface area contributed by atoms with Crippen molar-refractivity contribution in [2.75, 3.05) is 20.2 Å². The zero-order valence-corrected chi connectivity index (χ0v) is 14.5. The summed E-state index contributed by atoms with van der Waals surface area (Å²) in [5.41, 5.74) is 0.836. The lowest BCUT2D eigenvalue weighted by atomic mass is 10.1. The average molecular weight is 338 g/mol. The zero-order chi connectivity index (χ0) is 16.8. The van der Waals surface area contributed by atoms with Gasteiger partial charge in [0.15, 0.2) is 0 Å². The van der Waals surface area contributed by atoms with E-state index in [1.54, 1.807) is 25.1 Å². The Kier molecular flexibility index (Phi) is 4.10. The maximum atomic E-state index is 13.1. The van der Waals surface area contributed by atoms with E-state index in [2.05, 4.69) is 0 Å². The summed E-state index contributed by atoms with van der Waals surface area (Å²) in [7, 11) is -2.34. The van der Waals surface area contributed by atoms with E-state index in [-0.39, 0.29) is 16.8 Å². The molecule has 0 N–H and O–H groups in total. The van der Waals surface area contributed by atoms with Crippen LogP contribution in [0, 0.1) is 6.92 Å². The summed E-state index contributed by atoms with van der Waals surface area (Å²) in [5.74, 6) is 0.207. The van der Waals surface area contributed by atoms with Crippen LogP contribution in [0.15, 0.2) is 23.1 Å². The average Bonchev–Trinajstić information content (AvgIpc) is 2.99. The highest BCUT2D eigenvalue weighted by Crippen LogP contribution is 2.33. The molecule has 3 rings (SSSR count). The van der Waals surface area contributed by atoms with Gasteiger partial charge in [0.1, 0.15) is 16.7 Å². The second-order valence-electron chi connectivity index (χ2n) is 6.23. The molecule has 0 unspecified atom stereocenters. The minimum absolute atomic E-state index is 0.00993. The van der Waals surface area contributed by atoms with Crippen LogP contribution in [-0.2, 0) is 14.8 Å². The molecule has 2 aliphatic rings. The molecule has 126 valence electrons. The number of aryl methyl sites for hydroxylation is 1. The van der Waals surface area contributed by atoms with Crippen molar-refractivity contribution < 1.29 is 17.9 Å². The van der Waals surface area contributed by atoms with Crippen molar-refractivity contribution in [3.63, 3.8) is 0 Å². The first kappa shape index (κ1) is 16.3. The highest BCUT2D eigenvalue weighted by atomic mass is 32.2. The predicted molar refractivity (Wildman–Crippen MR) is 85.8 cm³/mol. The molecule has 0 spiro atoms. The zero-order valence-electron chi connectivity index (χ0n) is 13.7. The molecule has 1 aromatic rings. The number of rotatable bonds is 3. The van der Waals surface area contributed by atoms with Crippen LogP contribution in [0.3, 0.4) is 0 Å². The largest absolute Gasteiger partial charge is 0.495 e. The van der Waals surface area contributed by atoms with E-state index in [9.17, 15) is 13.2 Å². The third-order valence-corrected chi connectivity index (χ3v) is 6.70. The second kappa shape index (κ2) is 5.79. The van der Waals surface area contributed by atoms with Crippen LogP contribution in [0.25, 0.3) is 0 Å². The minimum Gasteiger partial charge on any atom is -0.495 e. The second-order valence-corrected chi connectivity index (χ2v) is 8.09. The predicted octanol–water partition coefficient (Wildman–Crippen LogP) is 1.39. The summed E-state index contributed by atoms with van der Waals surface area (Å²) in [5, 5.41) is 0. The molecule has 7 heteroatoms. The Balaban J connectivity index is 2.02.